The molecule has 0 saturated heterocycles. The standard InChI is InChI=1S/C11H15NO5/c1-16-9-5-8(13)10(17-2)3-6(9)7(12)4-11(14)15/h3,5,7,13H,4,12H2,1-2H3,(H,14,15). The van der Waals surface area contributed by atoms with Gasteiger partial charge in [0.25, 0.3) is 0 Å². The van der Waals surface area contributed by atoms with Crippen LogP contribution in [0.2, 0.25) is 0 Å². The number of phenols is 1. The number of aromatic hydroxyl groups is 1. The summed E-state index contributed by atoms with van der Waals surface area (Å²) >= 11 is 0. The van der Waals surface area contributed by atoms with Gasteiger partial charge >= 0.3 is 5.97 Å². The zero-order chi connectivity index (χ0) is 13.0. The molecule has 6 nitrogen and oxygen atoms in total. The second-order valence-electron chi connectivity index (χ2n) is 3.47. The maximum Gasteiger partial charge on any atom is 0.305 e. The van der Waals surface area contributed by atoms with Crippen molar-refractivity contribution in [1.82, 2.24) is 0 Å². The van der Waals surface area contributed by atoms with Crippen molar-refractivity contribution in [3.05, 3.63) is 17.7 Å². The fraction of sp³-hybridized carbons (Fsp3) is 0.364. The predicted octanol–water partition coefficient (Wildman–Crippen LogP) is 0.884. The molecule has 1 atom stereocenters. The number of benzene rings is 1. The van der Waals surface area contributed by atoms with Gasteiger partial charge in [0.1, 0.15) is 5.75 Å². The van der Waals surface area contributed by atoms with Crippen LogP contribution in [-0.2, 0) is 4.79 Å². The van der Waals surface area contributed by atoms with Crippen molar-refractivity contribution < 1.29 is 24.5 Å². The molecule has 6 heteroatoms. The third-order valence-electron chi connectivity index (χ3n) is 2.33. The van der Waals surface area contributed by atoms with Gasteiger partial charge in [-0.05, 0) is 6.07 Å². The van der Waals surface area contributed by atoms with E-state index < -0.39 is 12.0 Å². The van der Waals surface area contributed by atoms with Gasteiger partial charge in [-0.3, -0.25) is 4.79 Å². The minimum absolute atomic E-state index is 0.0874. The minimum Gasteiger partial charge on any atom is -0.504 e. The molecular formula is C11H15NO5. The second-order valence-corrected chi connectivity index (χ2v) is 3.47. The smallest absolute Gasteiger partial charge is 0.305 e. The maximum atomic E-state index is 10.6. The number of ether oxygens (including phenoxy) is 2. The average Bonchev–Trinajstić information content (AvgIpc) is 2.27. The van der Waals surface area contributed by atoms with Crippen LogP contribution in [0.1, 0.15) is 18.0 Å². The number of carboxylic acids is 1. The molecule has 0 saturated carbocycles. The molecular weight excluding hydrogens is 226 g/mol. The molecule has 0 heterocycles. The number of hydrogen-bond acceptors (Lipinski definition) is 5. The monoisotopic (exact) mass is 241 g/mol. The van der Waals surface area contributed by atoms with Crippen molar-refractivity contribution in [3.63, 3.8) is 0 Å². The van der Waals surface area contributed by atoms with Gasteiger partial charge in [0, 0.05) is 17.7 Å². The van der Waals surface area contributed by atoms with Crippen LogP contribution in [0.15, 0.2) is 12.1 Å². The molecule has 1 rings (SSSR count). The maximum absolute atomic E-state index is 10.6. The van der Waals surface area contributed by atoms with Gasteiger partial charge < -0.3 is 25.4 Å². The number of carbonyl (C=O) groups is 1. The van der Waals surface area contributed by atoms with Crippen LogP contribution >= 0.6 is 0 Å². The van der Waals surface area contributed by atoms with Gasteiger partial charge in [-0.2, -0.15) is 0 Å². The fourth-order valence-corrected chi connectivity index (χ4v) is 1.49. The summed E-state index contributed by atoms with van der Waals surface area (Å²) in [6.45, 7) is 0. The largest absolute Gasteiger partial charge is 0.504 e. The summed E-state index contributed by atoms with van der Waals surface area (Å²) in [5.41, 5.74) is 6.22. The molecule has 0 radical (unpaired) electrons. The summed E-state index contributed by atoms with van der Waals surface area (Å²) in [4.78, 5) is 10.6. The average molecular weight is 241 g/mol. The number of aliphatic carboxylic acids is 1. The Kier molecular flexibility index (Phi) is 4.17. The first-order chi connectivity index (χ1) is 7.99. The summed E-state index contributed by atoms with van der Waals surface area (Å²) in [5.74, 6) is -0.541. The van der Waals surface area contributed by atoms with Gasteiger partial charge in [-0.25, -0.2) is 0 Å². The van der Waals surface area contributed by atoms with Crippen molar-refractivity contribution in [3.8, 4) is 17.2 Å². The van der Waals surface area contributed by atoms with Crippen LogP contribution in [0.25, 0.3) is 0 Å². The van der Waals surface area contributed by atoms with Crippen LogP contribution in [0.4, 0.5) is 0 Å². The summed E-state index contributed by atoms with van der Waals surface area (Å²) in [6.07, 6.45) is -0.232. The Labute approximate surface area is 98.6 Å². The van der Waals surface area contributed by atoms with Gasteiger partial charge in [0.15, 0.2) is 11.5 Å². The normalized spacial score (nSPS) is 11.9. The molecule has 0 bridgehead atoms. The van der Waals surface area contributed by atoms with E-state index in [9.17, 15) is 9.90 Å². The minimum atomic E-state index is -1.01. The first kappa shape index (κ1) is 13.1. The number of carboxylic acid groups (broad SMARTS) is 1. The van der Waals surface area contributed by atoms with Crippen LogP contribution in [0, 0.1) is 0 Å². The molecule has 0 spiro atoms. The van der Waals surface area contributed by atoms with Crippen LogP contribution in [-0.4, -0.2) is 30.4 Å². The van der Waals surface area contributed by atoms with Crippen molar-refractivity contribution >= 4 is 5.97 Å². The first-order valence-corrected chi connectivity index (χ1v) is 4.91. The molecule has 1 aromatic rings. The highest BCUT2D eigenvalue weighted by molar-refractivity contribution is 5.68. The lowest BCUT2D eigenvalue weighted by Gasteiger charge is -2.16. The molecule has 0 amide bonds. The lowest BCUT2D eigenvalue weighted by atomic mass is 10.0. The number of hydrogen-bond donors (Lipinski definition) is 3. The van der Waals surface area contributed by atoms with Crippen LogP contribution in [0.5, 0.6) is 17.2 Å². The molecule has 17 heavy (non-hydrogen) atoms. The van der Waals surface area contributed by atoms with E-state index in [2.05, 4.69) is 0 Å². The molecule has 1 unspecified atom stereocenters. The van der Waals surface area contributed by atoms with Gasteiger partial charge in [-0.1, -0.05) is 0 Å². The third-order valence-corrected chi connectivity index (χ3v) is 2.33. The van der Waals surface area contributed by atoms with Crippen molar-refractivity contribution in [1.29, 1.82) is 0 Å². The highest BCUT2D eigenvalue weighted by Crippen LogP contribution is 2.36. The highest BCUT2D eigenvalue weighted by Gasteiger charge is 2.18. The first-order valence-electron chi connectivity index (χ1n) is 4.91. The van der Waals surface area contributed by atoms with E-state index in [1.54, 1.807) is 0 Å². The fourth-order valence-electron chi connectivity index (χ4n) is 1.49. The third kappa shape index (κ3) is 3.01. The van der Waals surface area contributed by atoms with Crippen molar-refractivity contribution in [2.24, 2.45) is 5.73 Å². The topological polar surface area (TPSA) is 102 Å². The summed E-state index contributed by atoms with van der Waals surface area (Å²) in [6, 6.07) is 2.09. The Bertz CT molecular complexity index is 419. The quantitative estimate of drug-likeness (QED) is 0.707. The lowest BCUT2D eigenvalue weighted by Crippen LogP contribution is -2.16. The second kappa shape index (κ2) is 5.40. The van der Waals surface area contributed by atoms with Crippen molar-refractivity contribution in [2.45, 2.75) is 12.5 Å². The van der Waals surface area contributed by atoms with Gasteiger partial charge in [0.05, 0.1) is 20.6 Å². The number of nitrogens with two attached hydrogens (primary N) is 1. The molecule has 94 valence electrons. The zero-order valence-electron chi connectivity index (χ0n) is 9.64. The molecule has 0 aliphatic heterocycles. The Morgan fingerprint density at radius 3 is 2.41 bits per heavy atom. The Hall–Kier alpha value is -1.95. The number of phenolic OH excluding ortho intramolecular Hbond substituents is 1. The Balaban J connectivity index is 3.15. The van der Waals surface area contributed by atoms with E-state index in [4.69, 9.17) is 20.3 Å². The van der Waals surface area contributed by atoms with E-state index in [1.165, 1.54) is 26.4 Å². The highest BCUT2D eigenvalue weighted by atomic mass is 16.5. The van der Waals surface area contributed by atoms with E-state index in [0.717, 1.165) is 0 Å². The number of rotatable bonds is 5. The summed E-state index contributed by atoms with van der Waals surface area (Å²) < 4.78 is 9.97. The van der Waals surface area contributed by atoms with Gasteiger partial charge in [0.2, 0.25) is 0 Å². The SMILES string of the molecule is COc1cc(C(N)CC(=O)O)c(OC)cc1O. The Morgan fingerprint density at radius 2 is 1.94 bits per heavy atom. The van der Waals surface area contributed by atoms with Gasteiger partial charge in [-0.15, -0.1) is 0 Å². The van der Waals surface area contributed by atoms with Crippen LogP contribution in [0.3, 0.4) is 0 Å². The molecule has 4 N–H and O–H groups in total. The zero-order valence-corrected chi connectivity index (χ0v) is 9.64. The molecule has 0 aliphatic carbocycles. The van der Waals surface area contributed by atoms with E-state index in [1.807, 2.05) is 0 Å². The summed E-state index contributed by atoms with van der Waals surface area (Å²) in [7, 11) is 2.81. The molecule has 0 fully saturated rings. The van der Waals surface area contributed by atoms with E-state index in [-0.39, 0.29) is 17.9 Å². The van der Waals surface area contributed by atoms with Crippen LogP contribution < -0.4 is 15.2 Å². The molecule has 0 aliphatic rings. The molecule has 1 aromatic carbocycles. The molecule has 0 aromatic heterocycles. The van der Waals surface area contributed by atoms with Crippen molar-refractivity contribution in [2.75, 3.05) is 14.2 Å². The lowest BCUT2D eigenvalue weighted by molar-refractivity contribution is -0.137. The Morgan fingerprint density at radius 1 is 1.35 bits per heavy atom. The summed E-state index contributed by atoms with van der Waals surface area (Å²) in [5, 5.41) is 18.2. The van der Waals surface area contributed by atoms with E-state index in [0.29, 0.717) is 11.3 Å². The number of methoxy groups -OCH3 is 2. The predicted molar refractivity (Wildman–Crippen MR) is 60.4 cm³/mol. The van der Waals surface area contributed by atoms with E-state index >= 15 is 0 Å².